The topological polar surface area (TPSA) is 27.7 Å². The fraction of sp³-hybridized carbons (Fsp3) is 0.500. The first-order valence-corrected chi connectivity index (χ1v) is 5.08. The predicted molar refractivity (Wildman–Crippen MR) is 56.0 cm³/mol. The highest BCUT2D eigenvalue weighted by atomic mass is 17.2. The molecule has 3 nitrogen and oxygen atoms in total. The summed E-state index contributed by atoms with van der Waals surface area (Å²) in [7, 11) is 0. The van der Waals surface area contributed by atoms with Gasteiger partial charge >= 0.3 is 0 Å². The Hall–Kier alpha value is -0.900. The lowest BCUT2D eigenvalue weighted by Gasteiger charge is -2.39. The van der Waals surface area contributed by atoms with Crippen LogP contribution in [-0.2, 0) is 20.1 Å². The first-order chi connectivity index (χ1) is 7.02. The van der Waals surface area contributed by atoms with Crippen LogP contribution in [0.15, 0.2) is 30.3 Å². The van der Waals surface area contributed by atoms with Crippen molar-refractivity contribution in [3.8, 4) is 0 Å². The number of hydrogen-bond donors (Lipinski definition) is 0. The summed E-state index contributed by atoms with van der Waals surface area (Å²) in [6.45, 7) is 6.11. The quantitative estimate of drug-likeness (QED) is 0.664. The van der Waals surface area contributed by atoms with Gasteiger partial charge in [0, 0.05) is 0 Å². The third kappa shape index (κ3) is 2.20. The number of hydrogen-bond acceptors (Lipinski definition) is 3. The van der Waals surface area contributed by atoms with Crippen molar-refractivity contribution in [3.05, 3.63) is 35.9 Å². The Balaban J connectivity index is 2.17. The van der Waals surface area contributed by atoms with E-state index in [0.717, 1.165) is 5.56 Å². The van der Waals surface area contributed by atoms with Crippen molar-refractivity contribution in [1.29, 1.82) is 0 Å². The average Bonchev–Trinajstić information content (AvgIpc) is 2.24. The van der Waals surface area contributed by atoms with Gasteiger partial charge in [-0.3, -0.25) is 0 Å². The van der Waals surface area contributed by atoms with Crippen molar-refractivity contribution in [3.63, 3.8) is 0 Å². The molecule has 82 valence electrons. The van der Waals surface area contributed by atoms with Crippen LogP contribution < -0.4 is 0 Å². The minimum Gasteiger partial charge on any atom is -0.344 e. The lowest BCUT2D eigenvalue weighted by atomic mass is 9.97. The molecule has 1 atom stereocenters. The molecular weight excluding hydrogens is 192 g/mol. The Bertz CT molecular complexity index is 322. The smallest absolute Gasteiger partial charge is 0.196 e. The Morgan fingerprint density at radius 1 is 1.00 bits per heavy atom. The van der Waals surface area contributed by atoms with Gasteiger partial charge in [0.25, 0.3) is 0 Å². The van der Waals surface area contributed by atoms with Crippen LogP contribution in [0.2, 0.25) is 0 Å². The second kappa shape index (κ2) is 3.59. The molecule has 15 heavy (non-hydrogen) atoms. The number of benzene rings is 1. The molecule has 0 saturated carbocycles. The van der Waals surface area contributed by atoms with Gasteiger partial charge in [0.1, 0.15) is 5.60 Å². The van der Waals surface area contributed by atoms with Gasteiger partial charge in [-0.15, -0.1) is 0 Å². The van der Waals surface area contributed by atoms with Crippen LogP contribution >= 0.6 is 0 Å². The van der Waals surface area contributed by atoms with Gasteiger partial charge in [0.15, 0.2) is 5.79 Å². The molecule has 0 N–H and O–H groups in total. The summed E-state index contributed by atoms with van der Waals surface area (Å²) >= 11 is 0. The van der Waals surface area contributed by atoms with Gasteiger partial charge in [-0.2, -0.15) is 0 Å². The van der Waals surface area contributed by atoms with E-state index in [2.05, 4.69) is 0 Å². The van der Waals surface area contributed by atoms with E-state index in [0.29, 0.717) is 6.61 Å². The van der Waals surface area contributed by atoms with E-state index in [1.54, 1.807) is 0 Å². The molecule has 0 bridgehead atoms. The molecule has 1 aliphatic rings. The molecule has 1 heterocycles. The minimum absolute atomic E-state index is 0.490. The first kappa shape index (κ1) is 10.6. The van der Waals surface area contributed by atoms with Crippen molar-refractivity contribution >= 4 is 0 Å². The molecule has 1 aromatic rings. The van der Waals surface area contributed by atoms with Gasteiger partial charge in [-0.05, 0) is 26.3 Å². The SMILES string of the molecule is CC1(C)OCC(C)(c2ccccc2)OO1. The summed E-state index contributed by atoms with van der Waals surface area (Å²) in [4.78, 5) is 10.7. The average molecular weight is 208 g/mol. The minimum atomic E-state index is -0.658. The van der Waals surface area contributed by atoms with E-state index < -0.39 is 11.4 Å². The van der Waals surface area contributed by atoms with Crippen LogP contribution in [0.4, 0.5) is 0 Å². The molecule has 0 aliphatic carbocycles. The van der Waals surface area contributed by atoms with Crippen LogP contribution in [0.3, 0.4) is 0 Å². The Morgan fingerprint density at radius 3 is 2.20 bits per heavy atom. The lowest BCUT2D eigenvalue weighted by Crippen LogP contribution is -2.45. The largest absolute Gasteiger partial charge is 0.344 e. The summed E-state index contributed by atoms with van der Waals surface area (Å²) in [5.74, 6) is -0.658. The Morgan fingerprint density at radius 2 is 1.67 bits per heavy atom. The zero-order valence-corrected chi connectivity index (χ0v) is 9.32. The van der Waals surface area contributed by atoms with Crippen molar-refractivity contribution in [2.45, 2.75) is 32.2 Å². The van der Waals surface area contributed by atoms with E-state index in [1.807, 2.05) is 51.1 Å². The monoisotopic (exact) mass is 208 g/mol. The van der Waals surface area contributed by atoms with Gasteiger partial charge in [0.05, 0.1) is 6.61 Å². The van der Waals surface area contributed by atoms with Gasteiger partial charge in [0.2, 0.25) is 0 Å². The summed E-state index contributed by atoms with van der Waals surface area (Å²) in [5.41, 5.74) is 0.539. The molecule has 0 aromatic heterocycles. The van der Waals surface area contributed by atoms with Gasteiger partial charge < -0.3 is 4.74 Å². The van der Waals surface area contributed by atoms with Crippen molar-refractivity contribution in [1.82, 2.24) is 0 Å². The van der Waals surface area contributed by atoms with E-state index in [1.165, 1.54) is 0 Å². The molecule has 0 spiro atoms. The highest BCUT2D eigenvalue weighted by Crippen LogP contribution is 2.33. The fourth-order valence-electron chi connectivity index (χ4n) is 1.47. The van der Waals surface area contributed by atoms with Crippen molar-refractivity contribution in [2.75, 3.05) is 6.61 Å². The highest BCUT2D eigenvalue weighted by molar-refractivity contribution is 5.21. The van der Waals surface area contributed by atoms with Gasteiger partial charge in [-0.1, -0.05) is 30.3 Å². The standard InChI is InChI=1S/C12H16O3/c1-11(2)13-9-12(3,15-14-11)10-7-5-4-6-8-10/h4-8H,9H2,1-3H3. The maximum Gasteiger partial charge on any atom is 0.196 e. The van der Waals surface area contributed by atoms with E-state index >= 15 is 0 Å². The van der Waals surface area contributed by atoms with Crippen molar-refractivity contribution in [2.24, 2.45) is 0 Å². The fourth-order valence-corrected chi connectivity index (χ4v) is 1.47. The number of rotatable bonds is 1. The molecule has 0 amide bonds. The molecule has 2 rings (SSSR count). The predicted octanol–water partition coefficient (Wildman–Crippen LogP) is 2.62. The van der Waals surface area contributed by atoms with Crippen LogP contribution in [0.25, 0.3) is 0 Å². The molecule has 3 heteroatoms. The first-order valence-electron chi connectivity index (χ1n) is 5.08. The van der Waals surface area contributed by atoms with E-state index in [9.17, 15) is 0 Å². The van der Waals surface area contributed by atoms with Crippen LogP contribution in [-0.4, -0.2) is 12.4 Å². The Kier molecular flexibility index (Phi) is 2.54. The molecule has 1 saturated heterocycles. The summed E-state index contributed by atoms with van der Waals surface area (Å²) in [6.07, 6.45) is 0. The zero-order chi connectivity index (χ0) is 10.9. The second-order valence-electron chi connectivity index (χ2n) is 4.45. The Labute approximate surface area is 89.9 Å². The highest BCUT2D eigenvalue weighted by Gasteiger charge is 2.39. The van der Waals surface area contributed by atoms with Crippen molar-refractivity contribution < 1.29 is 14.5 Å². The second-order valence-corrected chi connectivity index (χ2v) is 4.45. The molecule has 1 fully saturated rings. The zero-order valence-electron chi connectivity index (χ0n) is 9.32. The third-order valence-corrected chi connectivity index (χ3v) is 2.51. The summed E-state index contributed by atoms with van der Waals surface area (Å²) in [6, 6.07) is 9.94. The summed E-state index contributed by atoms with van der Waals surface area (Å²) < 4.78 is 5.59. The molecular formula is C12H16O3. The van der Waals surface area contributed by atoms with Crippen LogP contribution in [0.5, 0.6) is 0 Å². The molecule has 0 radical (unpaired) electrons. The van der Waals surface area contributed by atoms with E-state index in [4.69, 9.17) is 14.5 Å². The van der Waals surface area contributed by atoms with E-state index in [-0.39, 0.29) is 0 Å². The normalized spacial score (nSPS) is 30.1. The van der Waals surface area contributed by atoms with Gasteiger partial charge in [-0.25, -0.2) is 9.78 Å². The molecule has 1 unspecified atom stereocenters. The third-order valence-electron chi connectivity index (χ3n) is 2.51. The van der Waals surface area contributed by atoms with Crippen LogP contribution in [0.1, 0.15) is 26.3 Å². The number of ether oxygens (including phenoxy) is 1. The summed E-state index contributed by atoms with van der Waals surface area (Å²) in [5, 5.41) is 0. The molecule has 1 aromatic carbocycles. The maximum absolute atomic E-state index is 5.59. The lowest BCUT2D eigenvalue weighted by molar-refractivity contribution is -0.505. The molecule has 1 aliphatic heterocycles. The maximum atomic E-state index is 5.59. The van der Waals surface area contributed by atoms with Crippen LogP contribution in [0, 0.1) is 0 Å².